The third-order valence-corrected chi connectivity index (χ3v) is 4.19. The molecule has 0 saturated carbocycles. The quantitative estimate of drug-likeness (QED) is 0.359. The molecule has 34 heavy (non-hydrogen) atoms. The lowest BCUT2D eigenvalue weighted by atomic mass is 10.2. The maximum Gasteiger partial charge on any atom is 0.413 e. The molecule has 0 atom stereocenters. The van der Waals surface area contributed by atoms with Crippen molar-refractivity contribution in [1.82, 2.24) is 10.6 Å². The number of nitrogens with zero attached hydrogens (tertiary/aromatic N) is 1. The molecule has 4 amide bonds. The Bertz CT molecular complexity index is 1060. The highest BCUT2D eigenvalue weighted by Crippen LogP contribution is 2.32. The topological polar surface area (TPSA) is 147 Å². The summed E-state index contributed by atoms with van der Waals surface area (Å²) in [6.45, 7) is 4.76. The molecular weight excluding hydrogens is 442 g/mol. The standard InChI is InChI=1S/C23H27N5O6/c1-5-20(30)25-19-13-17(34-16-9-7-15(8-10-16)24-14(3)29)11-12-18(19)26-22(27-21(31)6-2)28-23(32)33-4/h7-13H,5-6H2,1-4H3,(H,24,29)(H,25,30)(H2,26,27,28,31,32). The van der Waals surface area contributed by atoms with Gasteiger partial charge in [0.05, 0.1) is 18.5 Å². The lowest BCUT2D eigenvalue weighted by Crippen LogP contribution is -2.43. The Balaban J connectivity index is 2.36. The van der Waals surface area contributed by atoms with Gasteiger partial charge in [-0.1, -0.05) is 13.8 Å². The molecule has 0 bridgehead atoms. The number of rotatable bonds is 7. The minimum atomic E-state index is -0.822. The van der Waals surface area contributed by atoms with Gasteiger partial charge in [0.2, 0.25) is 23.7 Å². The van der Waals surface area contributed by atoms with Crippen molar-refractivity contribution in [2.75, 3.05) is 17.7 Å². The van der Waals surface area contributed by atoms with Crippen LogP contribution in [-0.2, 0) is 19.1 Å². The van der Waals surface area contributed by atoms with Crippen molar-refractivity contribution in [1.29, 1.82) is 0 Å². The van der Waals surface area contributed by atoms with Gasteiger partial charge in [-0.05, 0) is 36.4 Å². The van der Waals surface area contributed by atoms with Crippen LogP contribution in [0, 0.1) is 0 Å². The van der Waals surface area contributed by atoms with Crippen LogP contribution < -0.4 is 26.0 Å². The Labute approximate surface area is 196 Å². The minimum Gasteiger partial charge on any atom is -0.457 e. The summed E-state index contributed by atoms with van der Waals surface area (Å²) < 4.78 is 10.4. The molecule has 11 heteroatoms. The molecule has 11 nitrogen and oxygen atoms in total. The Morgan fingerprint density at radius 2 is 1.50 bits per heavy atom. The second kappa shape index (κ2) is 12.6. The number of guanidine groups is 1. The van der Waals surface area contributed by atoms with Gasteiger partial charge in [-0.2, -0.15) is 0 Å². The van der Waals surface area contributed by atoms with Crippen LogP contribution >= 0.6 is 0 Å². The lowest BCUT2D eigenvalue weighted by Gasteiger charge is -2.13. The van der Waals surface area contributed by atoms with E-state index in [4.69, 9.17) is 4.74 Å². The van der Waals surface area contributed by atoms with E-state index in [1.54, 1.807) is 56.3 Å². The average Bonchev–Trinajstić information content (AvgIpc) is 2.81. The van der Waals surface area contributed by atoms with Crippen molar-refractivity contribution in [2.45, 2.75) is 33.6 Å². The van der Waals surface area contributed by atoms with E-state index in [-0.39, 0.29) is 42.2 Å². The van der Waals surface area contributed by atoms with Gasteiger partial charge in [-0.25, -0.2) is 9.79 Å². The van der Waals surface area contributed by atoms with E-state index in [1.165, 1.54) is 14.0 Å². The van der Waals surface area contributed by atoms with E-state index in [0.717, 1.165) is 0 Å². The normalized spacial score (nSPS) is 10.6. The van der Waals surface area contributed by atoms with Gasteiger partial charge >= 0.3 is 6.09 Å². The van der Waals surface area contributed by atoms with Gasteiger partial charge in [0.25, 0.3) is 0 Å². The zero-order valence-corrected chi connectivity index (χ0v) is 19.4. The maximum atomic E-state index is 12.1. The summed E-state index contributed by atoms with van der Waals surface area (Å²) in [7, 11) is 1.18. The first-order valence-corrected chi connectivity index (χ1v) is 10.5. The van der Waals surface area contributed by atoms with E-state index < -0.39 is 6.09 Å². The fourth-order valence-corrected chi connectivity index (χ4v) is 2.54. The highest BCUT2D eigenvalue weighted by atomic mass is 16.5. The van der Waals surface area contributed by atoms with Crippen LogP contribution in [-0.4, -0.2) is 36.9 Å². The van der Waals surface area contributed by atoms with Crippen LogP contribution in [0.15, 0.2) is 47.5 Å². The predicted molar refractivity (Wildman–Crippen MR) is 127 cm³/mol. The molecule has 2 aromatic rings. The van der Waals surface area contributed by atoms with Crippen molar-refractivity contribution in [3.05, 3.63) is 42.5 Å². The number of anilines is 2. The molecule has 2 aromatic carbocycles. The molecular formula is C23H27N5O6. The summed E-state index contributed by atoms with van der Waals surface area (Å²) in [5.74, 6) is -0.0883. The van der Waals surface area contributed by atoms with Gasteiger partial charge in [0.1, 0.15) is 11.5 Å². The second-order valence-corrected chi connectivity index (χ2v) is 6.87. The Hall–Kier alpha value is -4.41. The first-order valence-electron chi connectivity index (χ1n) is 10.5. The molecule has 2 rings (SSSR count). The molecule has 0 spiro atoms. The highest BCUT2D eigenvalue weighted by molar-refractivity contribution is 6.05. The van der Waals surface area contributed by atoms with Crippen LogP contribution in [0.1, 0.15) is 33.6 Å². The van der Waals surface area contributed by atoms with Crippen LogP contribution in [0.5, 0.6) is 11.5 Å². The molecule has 0 aliphatic carbocycles. The fourth-order valence-electron chi connectivity index (χ4n) is 2.54. The van der Waals surface area contributed by atoms with Crippen LogP contribution in [0.3, 0.4) is 0 Å². The van der Waals surface area contributed by atoms with Crippen LogP contribution in [0.25, 0.3) is 0 Å². The minimum absolute atomic E-state index is 0.159. The second-order valence-electron chi connectivity index (χ2n) is 6.87. The molecule has 180 valence electrons. The molecule has 0 aliphatic rings. The number of nitrogens with one attached hydrogen (secondary N) is 4. The summed E-state index contributed by atoms with van der Waals surface area (Å²) in [4.78, 5) is 51.0. The van der Waals surface area contributed by atoms with Crippen molar-refractivity contribution in [3.63, 3.8) is 0 Å². The van der Waals surface area contributed by atoms with E-state index in [0.29, 0.717) is 22.9 Å². The van der Waals surface area contributed by atoms with Gasteiger partial charge in [-0.15, -0.1) is 0 Å². The number of hydrogen-bond acceptors (Lipinski definition) is 7. The number of amides is 4. The zero-order valence-electron chi connectivity index (χ0n) is 19.4. The van der Waals surface area contributed by atoms with Gasteiger partial charge in [-0.3, -0.25) is 25.0 Å². The number of hydrogen-bond donors (Lipinski definition) is 4. The van der Waals surface area contributed by atoms with Gasteiger partial charge in [0, 0.05) is 31.5 Å². The number of aliphatic imine (C=N–C) groups is 1. The molecule has 0 radical (unpaired) electrons. The molecule has 0 saturated heterocycles. The van der Waals surface area contributed by atoms with E-state index in [1.807, 2.05) is 0 Å². The third kappa shape index (κ3) is 8.26. The number of alkyl carbamates (subject to hydrolysis) is 1. The van der Waals surface area contributed by atoms with Crippen molar-refractivity contribution in [3.8, 4) is 11.5 Å². The predicted octanol–water partition coefficient (Wildman–Crippen LogP) is 3.66. The number of benzene rings is 2. The smallest absolute Gasteiger partial charge is 0.413 e. The van der Waals surface area contributed by atoms with E-state index in [9.17, 15) is 19.2 Å². The van der Waals surface area contributed by atoms with Crippen LogP contribution in [0.4, 0.5) is 21.9 Å². The Morgan fingerprint density at radius 1 is 0.853 bits per heavy atom. The van der Waals surface area contributed by atoms with Crippen LogP contribution in [0.2, 0.25) is 0 Å². The lowest BCUT2D eigenvalue weighted by molar-refractivity contribution is -0.119. The molecule has 0 aliphatic heterocycles. The van der Waals surface area contributed by atoms with E-state index in [2.05, 4.69) is 31.0 Å². The SMILES string of the molecule is CCC(=O)NC(=Nc1ccc(Oc2ccc(NC(C)=O)cc2)cc1NC(=O)CC)NC(=O)OC. The summed E-state index contributed by atoms with van der Waals surface area (Å²) in [5, 5.41) is 10.2. The van der Waals surface area contributed by atoms with Crippen molar-refractivity contribution < 1.29 is 28.7 Å². The molecule has 4 N–H and O–H groups in total. The first kappa shape index (κ1) is 25.8. The number of ether oxygens (including phenoxy) is 2. The molecule has 0 heterocycles. The maximum absolute atomic E-state index is 12.1. The molecule has 0 unspecified atom stereocenters. The summed E-state index contributed by atoms with van der Waals surface area (Å²) >= 11 is 0. The fraction of sp³-hybridized carbons (Fsp3) is 0.261. The number of carbonyl (C=O) groups excluding carboxylic acids is 4. The summed E-state index contributed by atoms with van der Waals surface area (Å²) in [5.41, 5.74) is 1.19. The Morgan fingerprint density at radius 3 is 2.09 bits per heavy atom. The zero-order chi connectivity index (χ0) is 25.1. The Kier molecular flexibility index (Phi) is 9.56. The van der Waals surface area contributed by atoms with Crippen molar-refractivity contribution in [2.24, 2.45) is 4.99 Å². The van der Waals surface area contributed by atoms with Crippen molar-refractivity contribution >= 4 is 46.8 Å². The van der Waals surface area contributed by atoms with Gasteiger partial charge < -0.3 is 20.1 Å². The monoisotopic (exact) mass is 469 g/mol. The number of methoxy groups -OCH3 is 1. The average molecular weight is 469 g/mol. The van der Waals surface area contributed by atoms with Gasteiger partial charge in [0.15, 0.2) is 0 Å². The number of carbonyl (C=O) groups is 4. The van der Waals surface area contributed by atoms with E-state index >= 15 is 0 Å². The summed E-state index contributed by atoms with van der Waals surface area (Å²) in [6.07, 6.45) is -0.440. The highest BCUT2D eigenvalue weighted by Gasteiger charge is 2.13. The largest absolute Gasteiger partial charge is 0.457 e. The molecule has 0 fully saturated rings. The molecule has 0 aromatic heterocycles. The summed E-state index contributed by atoms with van der Waals surface area (Å²) in [6, 6.07) is 11.5. The third-order valence-electron chi connectivity index (χ3n) is 4.19. The first-order chi connectivity index (χ1) is 16.2.